The molecule has 0 nitrogen and oxygen atoms in total. The molecule has 0 fully saturated rings. The van der Waals surface area contributed by atoms with Gasteiger partial charge in [-0.3, -0.25) is 0 Å². The number of halogens is 1. The zero-order valence-corrected chi connectivity index (χ0v) is 12.1. The Balaban J connectivity index is 2.51. The highest BCUT2D eigenvalue weighted by Crippen LogP contribution is 2.27. The molecule has 0 aliphatic carbocycles. The fourth-order valence-corrected chi connectivity index (χ4v) is 2.85. The summed E-state index contributed by atoms with van der Waals surface area (Å²) >= 11 is 3.66. The van der Waals surface area contributed by atoms with E-state index in [1.165, 1.54) is 43.2 Å². The molecule has 0 saturated heterocycles. The molecule has 0 amide bonds. The molecule has 0 bridgehead atoms. The van der Waals surface area contributed by atoms with Crippen molar-refractivity contribution >= 4 is 15.9 Å². The van der Waals surface area contributed by atoms with E-state index in [0.29, 0.717) is 5.92 Å². The Labute approximate surface area is 109 Å². The number of unbranched alkanes of at least 4 members (excludes halogenated alkanes) is 3. The van der Waals surface area contributed by atoms with E-state index in [9.17, 15) is 0 Å². The van der Waals surface area contributed by atoms with Crippen LogP contribution in [-0.4, -0.2) is 5.33 Å². The summed E-state index contributed by atoms with van der Waals surface area (Å²) in [5.41, 5.74) is 2.96. The van der Waals surface area contributed by atoms with Crippen LogP contribution in [0.15, 0.2) is 24.3 Å². The number of hydrogen-bond donors (Lipinski definition) is 0. The number of alkyl halides is 1. The van der Waals surface area contributed by atoms with Gasteiger partial charge in [0.2, 0.25) is 0 Å². The first-order chi connectivity index (χ1) is 7.79. The first kappa shape index (κ1) is 13.8. The Morgan fingerprint density at radius 1 is 1.12 bits per heavy atom. The van der Waals surface area contributed by atoms with Gasteiger partial charge in [0.15, 0.2) is 0 Å². The zero-order valence-electron chi connectivity index (χ0n) is 10.5. The number of hydrogen-bond acceptors (Lipinski definition) is 0. The van der Waals surface area contributed by atoms with E-state index >= 15 is 0 Å². The van der Waals surface area contributed by atoms with E-state index < -0.39 is 0 Å². The topological polar surface area (TPSA) is 0 Å². The summed E-state index contributed by atoms with van der Waals surface area (Å²) < 4.78 is 0. The van der Waals surface area contributed by atoms with Crippen molar-refractivity contribution < 1.29 is 0 Å². The minimum absolute atomic E-state index is 0.693. The fraction of sp³-hybridized carbons (Fsp3) is 0.600. The molecule has 0 heterocycles. The van der Waals surface area contributed by atoms with Gasteiger partial charge in [0.25, 0.3) is 0 Å². The molecule has 0 radical (unpaired) electrons. The summed E-state index contributed by atoms with van der Waals surface area (Å²) in [5, 5.41) is 1.09. The van der Waals surface area contributed by atoms with Gasteiger partial charge in [-0.05, 0) is 30.4 Å². The Kier molecular flexibility index (Phi) is 6.79. The number of rotatable bonds is 7. The van der Waals surface area contributed by atoms with Crippen molar-refractivity contribution in [3.8, 4) is 0 Å². The minimum atomic E-state index is 0.693. The lowest BCUT2D eigenvalue weighted by atomic mass is 9.92. The van der Waals surface area contributed by atoms with Crippen molar-refractivity contribution in [1.82, 2.24) is 0 Å². The summed E-state index contributed by atoms with van der Waals surface area (Å²) in [4.78, 5) is 0. The molecule has 1 unspecified atom stereocenters. The van der Waals surface area contributed by atoms with Gasteiger partial charge in [-0.2, -0.15) is 0 Å². The quantitative estimate of drug-likeness (QED) is 0.461. The Morgan fingerprint density at radius 3 is 2.50 bits per heavy atom. The van der Waals surface area contributed by atoms with E-state index in [0.717, 1.165) is 5.33 Å². The van der Waals surface area contributed by atoms with Gasteiger partial charge in [0.05, 0.1) is 0 Å². The average molecular weight is 283 g/mol. The second-order valence-electron chi connectivity index (χ2n) is 4.56. The van der Waals surface area contributed by atoms with Crippen molar-refractivity contribution in [2.45, 2.75) is 51.9 Å². The zero-order chi connectivity index (χ0) is 11.8. The van der Waals surface area contributed by atoms with Crippen LogP contribution in [0, 0.1) is 6.92 Å². The second-order valence-corrected chi connectivity index (χ2v) is 5.20. The van der Waals surface area contributed by atoms with Gasteiger partial charge >= 0.3 is 0 Å². The molecule has 0 aromatic heterocycles. The summed E-state index contributed by atoms with van der Waals surface area (Å²) in [6, 6.07) is 8.78. The predicted octanol–water partition coefficient (Wildman–Crippen LogP) is 5.44. The van der Waals surface area contributed by atoms with Crippen LogP contribution in [0.1, 0.15) is 56.1 Å². The Bertz CT molecular complexity index is 293. The number of benzene rings is 1. The number of aryl methyl sites for hydroxylation is 1. The van der Waals surface area contributed by atoms with Gasteiger partial charge in [-0.1, -0.05) is 72.8 Å². The molecule has 1 atom stereocenters. The van der Waals surface area contributed by atoms with Crippen LogP contribution >= 0.6 is 15.9 Å². The maximum atomic E-state index is 3.66. The van der Waals surface area contributed by atoms with E-state index in [-0.39, 0.29) is 0 Å². The van der Waals surface area contributed by atoms with Crippen LogP contribution in [0.4, 0.5) is 0 Å². The third kappa shape index (κ3) is 4.29. The maximum Gasteiger partial charge on any atom is 0.0100 e. The summed E-state index contributed by atoms with van der Waals surface area (Å²) in [7, 11) is 0. The van der Waals surface area contributed by atoms with E-state index in [2.05, 4.69) is 54.0 Å². The molecule has 90 valence electrons. The summed E-state index contributed by atoms with van der Waals surface area (Å²) in [6.07, 6.45) is 6.76. The maximum absolute atomic E-state index is 3.66. The van der Waals surface area contributed by atoms with Crippen molar-refractivity contribution in [2.24, 2.45) is 0 Å². The molecule has 0 N–H and O–H groups in total. The molecule has 0 aliphatic rings. The van der Waals surface area contributed by atoms with Gasteiger partial charge in [0, 0.05) is 5.33 Å². The van der Waals surface area contributed by atoms with E-state index in [4.69, 9.17) is 0 Å². The largest absolute Gasteiger partial charge is 0.0921 e. The first-order valence-corrected chi connectivity index (χ1v) is 7.53. The van der Waals surface area contributed by atoms with E-state index in [1.54, 1.807) is 0 Å². The highest BCUT2D eigenvalue weighted by molar-refractivity contribution is 9.09. The monoisotopic (exact) mass is 282 g/mol. The molecule has 1 aromatic rings. The molecule has 0 aliphatic heterocycles. The molecular formula is C15H23Br. The molecule has 0 saturated carbocycles. The minimum Gasteiger partial charge on any atom is -0.0921 e. The van der Waals surface area contributed by atoms with Gasteiger partial charge in [0.1, 0.15) is 0 Å². The van der Waals surface area contributed by atoms with Crippen LogP contribution in [0.2, 0.25) is 0 Å². The average Bonchev–Trinajstić information content (AvgIpc) is 2.31. The van der Waals surface area contributed by atoms with Crippen molar-refractivity contribution in [2.75, 3.05) is 5.33 Å². The molecule has 16 heavy (non-hydrogen) atoms. The van der Waals surface area contributed by atoms with Crippen molar-refractivity contribution in [3.05, 3.63) is 35.4 Å². The Hall–Kier alpha value is -0.300. The summed E-state index contributed by atoms with van der Waals surface area (Å²) in [5.74, 6) is 0.693. The normalized spacial score (nSPS) is 12.7. The van der Waals surface area contributed by atoms with Crippen molar-refractivity contribution in [1.29, 1.82) is 0 Å². The van der Waals surface area contributed by atoms with Crippen LogP contribution < -0.4 is 0 Å². The van der Waals surface area contributed by atoms with Crippen molar-refractivity contribution in [3.63, 3.8) is 0 Å². The molecular weight excluding hydrogens is 260 g/mol. The molecule has 0 spiro atoms. The van der Waals surface area contributed by atoms with Crippen LogP contribution in [-0.2, 0) is 0 Å². The molecule has 1 rings (SSSR count). The predicted molar refractivity (Wildman–Crippen MR) is 76.5 cm³/mol. The smallest absolute Gasteiger partial charge is 0.0100 e. The third-order valence-corrected chi connectivity index (χ3v) is 4.00. The van der Waals surface area contributed by atoms with Gasteiger partial charge in [-0.25, -0.2) is 0 Å². The molecule has 1 aromatic carbocycles. The molecule has 1 heteroatoms. The lowest BCUT2D eigenvalue weighted by Crippen LogP contribution is -2.02. The first-order valence-electron chi connectivity index (χ1n) is 6.41. The lowest BCUT2D eigenvalue weighted by molar-refractivity contribution is 0.584. The highest BCUT2D eigenvalue weighted by Gasteiger charge is 2.11. The SMILES string of the molecule is CCCCCCC(CBr)c1ccccc1C. The fourth-order valence-electron chi connectivity index (χ4n) is 2.18. The summed E-state index contributed by atoms with van der Waals surface area (Å²) in [6.45, 7) is 4.49. The van der Waals surface area contributed by atoms with E-state index in [1.807, 2.05) is 0 Å². The second kappa shape index (κ2) is 7.89. The van der Waals surface area contributed by atoms with Crippen LogP contribution in [0.3, 0.4) is 0 Å². The van der Waals surface area contributed by atoms with Gasteiger partial charge in [-0.15, -0.1) is 0 Å². The van der Waals surface area contributed by atoms with Gasteiger partial charge < -0.3 is 0 Å². The standard InChI is InChI=1S/C15H23Br/c1-3-4-5-6-10-14(12-16)15-11-8-7-9-13(15)2/h7-9,11,14H,3-6,10,12H2,1-2H3. The van der Waals surface area contributed by atoms with Crippen LogP contribution in [0.5, 0.6) is 0 Å². The third-order valence-electron chi connectivity index (χ3n) is 3.22. The highest BCUT2D eigenvalue weighted by atomic mass is 79.9. The Morgan fingerprint density at radius 2 is 1.88 bits per heavy atom. The lowest BCUT2D eigenvalue weighted by Gasteiger charge is -2.16. The van der Waals surface area contributed by atoms with Crippen LogP contribution in [0.25, 0.3) is 0 Å².